The number of nitrogen functional groups attached to an aromatic ring is 1. The molecule has 2 aliphatic heterocycles. The molecule has 3 aromatic heterocycles. The number of pyridine rings is 1. The molecule has 0 aliphatic carbocycles. The van der Waals surface area contributed by atoms with E-state index in [0.29, 0.717) is 5.57 Å². The van der Waals surface area contributed by atoms with Crippen LogP contribution in [0.4, 0.5) is 10.8 Å². The van der Waals surface area contributed by atoms with Crippen molar-refractivity contribution in [1.82, 2.24) is 19.8 Å². The number of rotatable bonds is 13. The Hall–Kier alpha value is -5.95. The molecule has 6 rings (SSSR count). The number of thioether (sulfide) groups is 1. The SMILES string of the molecule is CC(C)(O/N=C(\C(=O)N[C@@H]1C(=O)N2C(C(=O)[O-])=C(C[n+]3ccc4c(ccn4CCc4ccc(NC(=N)N)cc4)c3)CS[C@H]12)c1csc(N)n1)C(=O)O. The fourth-order valence-corrected chi connectivity index (χ4v) is 7.55. The number of oxime groups is 1. The second kappa shape index (κ2) is 14.3. The number of hydrogen-bond acceptors (Lipinski definition) is 12. The van der Waals surface area contributed by atoms with E-state index in [4.69, 9.17) is 21.7 Å². The molecule has 19 heteroatoms. The van der Waals surface area contributed by atoms with E-state index in [2.05, 4.69) is 25.3 Å². The summed E-state index contributed by atoms with van der Waals surface area (Å²) in [4.78, 5) is 61.0. The van der Waals surface area contributed by atoms with E-state index in [-0.39, 0.29) is 34.8 Å². The molecule has 270 valence electrons. The second-order valence-electron chi connectivity index (χ2n) is 12.5. The van der Waals surface area contributed by atoms with E-state index >= 15 is 0 Å². The molecule has 2 aliphatic rings. The van der Waals surface area contributed by atoms with Crippen LogP contribution in [0.1, 0.15) is 25.1 Å². The third-order valence-electron chi connectivity index (χ3n) is 8.40. The van der Waals surface area contributed by atoms with Gasteiger partial charge in [-0.15, -0.1) is 23.1 Å². The summed E-state index contributed by atoms with van der Waals surface area (Å²) in [6.07, 6.45) is 6.51. The van der Waals surface area contributed by atoms with Crippen LogP contribution >= 0.6 is 23.1 Å². The Morgan fingerprint density at radius 3 is 2.63 bits per heavy atom. The van der Waals surface area contributed by atoms with Gasteiger partial charge in [0.05, 0.1) is 22.6 Å². The molecule has 5 heterocycles. The normalized spacial score (nSPS) is 17.4. The predicted molar refractivity (Wildman–Crippen MR) is 191 cm³/mol. The number of nitrogens with two attached hydrogens (primary N) is 2. The fraction of sp³-hybridized carbons (Fsp3) is 0.273. The first-order valence-electron chi connectivity index (χ1n) is 15.8. The summed E-state index contributed by atoms with van der Waals surface area (Å²) in [5.41, 5.74) is 12.0. The maximum absolute atomic E-state index is 13.4. The minimum absolute atomic E-state index is 0.0117. The highest BCUT2D eigenvalue weighted by molar-refractivity contribution is 8.00. The number of carboxylic acids is 2. The first kappa shape index (κ1) is 35.9. The number of anilines is 2. The van der Waals surface area contributed by atoms with Crippen LogP contribution in [0.15, 0.2) is 76.8 Å². The number of carbonyl (C=O) groups is 4. The average molecular weight is 747 g/mol. The van der Waals surface area contributed by atoms with Crippen molar-refractivity contribution in [3.63, 3.8) is 0 Å². The van der Waals surface area contributed by atoms with E-state index in [0.717, 1.165) is 51.4 Å². The Balaban J connectivity index is 1.14. The van der Waals surface area contributed by atoms with Crippen molar-refractivity contribution >= 4 is 80.2 Å². The van der Waals surface area contributed by atoms with Gasteiger partial charge in [-0.3, -0.25) is 19.9 Å². The number of fused-ring (bicyclic) bond motifs is 2. The lowest BCUT2D eigenvalue weighted by atomic mass is 10.0. The highest BCUT2D eigenvalue weighted by Crippen LogP contribution is 2.40. The molecule has 17 nitrogen and oxygen atoms in total. The molecule has 2 atom stereocenters. The summed E-state index contributed by atoms with van der Waals surface area (Å²) in [5.74, 6) is -4.26. The number of nitrogens with zero attached hydrogens (tertiary/aromatic N) is 5. The number of guanidine groups is 1. The van der Waals surface area contributed by atoms with E-state index in [1.807, 2.05) is 59.6 Å². The largest absolute Gasteiger partial charge is 0.543 e. The number of nitrogens with one attached hydrogen (secondary N) is 3. The van der Waals surface area contributed by atoms with Gasteiger partial charge in [-0.1, -0.05) is 17.3 Å². The maximum Gasteiger partial charge on any atom is 0.350 e. The summed E-state index contributed by atoms with van der Waals surface area (Å²) >= 11 is 2.30. The fourth-order valence-electron chi connectivity index (χ4n) is 5.67. The molecular weight excluding hydrogens is 713 g/mol. The molecule has 0 radical (unpaired) electrons. The molecule has 8 N–H and O–H groups in total. The molecule has 0 saturated carbocycles. The molecule has 1 fully saturated rings. The molecule has 4 aromatic rings. The Kier molecular flexibility index (Phi) is 9.90. The minimum Gasteiger partial charge on any atom is -0.543 e. The quantitative estimate of drug-likeness (QED) is 0.0353. The average Bonchev–Trinajstić information content (AvgIpc) is 3.71. The van der Waals surface area contributed by atoms with Crippen LogP contribution in [0.2, 0.25) is 0 Å². The Bertz CT molecular complexity index is 2160. The third kappa shape index (κ3) is 7.40. The van der Waals surface area contributed by atoms with Crippen LogP contribution in [-0.4, -0.2) is 77.8 Å². The van der Waals surface area contributed by atoms with Gasteiger partial charge in [0.15, 0.2) is 35.7 Å². The van der Waals surface area contributed by atoms with E-state index in [1.54, 1.807) is 0 Å². The number of thiazole rings is 1. The number of aromatic nitrogens is 3. The van der Waals surface area contributed by atoms with Gasteiger partial charge in [-0.25, -0.2) is 14.3 Å². The topological polar surface area (TPSA) is 258 Å². The molecule has 52 heavy (non-hydrogen) atoms. The summed E-state index contributed by atoms with van der Waals surface area (Å²) in [6.45, 7) is 3.39. The Morgan fingerprint density at radius 1 is 1.23 bits per heavy atom. The zero-order valence-corrected chi connectivity index (χ0v) is 29.5. The first-order valence-corrected chi connectivity index (χ1v) is 17.7. The van der Waals surface area contributed by atoms with Crippen molar-refractivity contribution in [2.75, 3.05) is 16.8 Å². The van der Waals surface area contributed by atoms with Gasteiger partial charge in [0, 0.05) is 41.2 Å². The Morgan fingerprint density at radius 2 is 1.98 bits per heavy atom. The van der Waals surface area contributed by atoms with Gasteiger partial charge < -0.3 is 46.5 Å². The van der Waals surface area contributed by atoms with Crippen molar-refractivity contribution in [2.24, 2.45) is 10.9 Å². The van der Waals surface area contributed by atoms with Gasteiger partial charge in [-0.05, 0) is 44.0 Å². The van der Waals surface area contributed by atoms with Crippen LogP contribution in [0.3, 0.4) is 0 Å². The molecule has 0 spiro atoms. The van der Waals surface area contributed by atoms with Crippen molar-refractivity contribution < 1.29 is 38.8 Å². The molecular formula is C33H34N10O7S2. The van der Waals surface area contributed by atoms with Crippen LogP contribution in [0.5, 0.6) is 0 Å². The number of aryl methyl sites for hydroxylation is 2. The lowest BCUT2D eigenvalue weighted by Crippen LogP contribution is -2.71. The number of aliphatic carboxylic acids is 2. The second-order valence-corrected chi connectivity index (χ2v) is 14.5. The lowest BCUT2D eigenvalue weighted by Gasteiger charge is -2.50. The summed E-state index contributed by atoms with van der Waals surface area (Å²) in [5, 5.41) is 40.0. The predicted octanol–water partition coefficient (Wildman–Crippen LogP) is 0.204. The monoisotopic (exact) mass is 746 g/mol. The van der Waals surface area contributed by atoms with Crippen LogP contribution in [0.25, 0.3) is 10.9 Å². The Labute approximate surface area is 304 Å². The number of carboxylic acid groups (broad SMARTS) is 2. The van der Waals surface area contributed by atoms with Gasteiger partial charge >= 0.3 is 5.97 Å². The zero-order valence-electron chi connectivity index (χ0n) is 27.9. The smallest absolute Gasteiger partial charge is 0.350 e. The molecule has 1 saturated heterocycles. The number of carbonyl (C=O) groups excluding carboxylic acids is 3. The molecule has 0 unspecified atom stereocenters. The molecule has 1 aromatic carbocycles. The summed E-state index contributed by atoms with van der Waals surface area (Å²) < 4.78 is 3.97. The van der Waals surface area contributed by atoms with Crippen LogP contribution in [0, 0.1) is 5.41 Å². The highest BCUT2D eigenvalue weighted by Gasteiger charge is 2.53. The first-order chi connectivity index (χ1) is 24.7. The highest BCUT2D eigenvalue weighted by atomic mass is 32.2. The van der Waals surface area contributed by atoms with Crippen molar-refractivity contribution in [3.05, 3.63) is 82.9 Å². The number of hydrogen-bond donors (Lipinski definition) is 6. The summed E-state index contributed by atoms with van der Waals surface area (Å²) in [7, 11) is 0. The summed E-state index contributed by atoms with van der Waals surface area (Å²) in [6, 6.07) is 10.5. The van der Waals surface area contributed by atoms with Crippen molar-refractivity contribution in [3.8, 4) is 0 Å². The van der Waals surface area contributed by atoms with E-state index < -0.39 is 46.5 Å². The molecule has 0 bridgehead atoms. The van der Waals surface area contributed by atoms with Gasteiger partial charge in [-0.2, -0.15) is 0 Å². The van der Waals surface area contributed by atoms with E-state index in [1.165, 1.54) is 31.0 Å². The van der Waals surface area contributed by atoms with Crippen molar-refractivity contribution in [2.45, 2.75) is 50.4 Å². The van der Waals surface area contributed by atoms with Crippen LogP contribution in [-0.2, 0) is 43.5 Å². The zero-order chi connectivity index (χ0) is 37.3. The number of benzene rings is 1. The standard InChI is InChI=1S/C33H34N10O7S2/c1-33(2,30(48)49)50-40-23(21-16-52-32(36)38-21)26(44)39-24-27(45)43-25(29(46)47)19(15-51-28(24)43)14-41-10-9-22-18(13-41)8-12-42(22)11-7-17-3-5-20(6-4-17)37-31(34)35/h3-6,8-10,12-13,16,24,28H,7,11,14-15H2,1-2H3,(H8-,34,35,36,37,38,39,44,46,47,48,49)/b40-23-/t24-,28-/m1/s1. The van der Waals surface area contributed by atoms with Gasteiger partial charge in [0.25, 0.3) is 11.8 Å². The lowest BCUT2D eigenvalue weighted by molar-refractivity contribution is -0.687. The minimum atomic E-state index is -1.78. The third-order valence-corrected chi connectivity index (χ3v) is 10.4. The number of amides is 2. The van der Waals surface area contributed by atoms with Gasteiger partial charge in [0.2, 0.25) is 5.60 Å². The van der Waals surface area contributed by atoms with E-state index in [9.17, 15) is 29.4 Å². The van der Waals surface area contributed by atoms with Crippen molar-refractivity contribution in [1.29, 1.82) is 5.41 Å². The van der Waals surface area contributed by atoms with Crippen LogP contribution < -0.4 is 31.8 Å². The maximum atomic E-state index is 13.4. The number of β-lactam (4-membered cyclic amide) rings is 1. The molecule has 2 amide bonds. The van der Waals surface area contributed by atoms with Gasteiger partial charge in [0.1, 0.15) is 17.1 Å².